The smallest absolute Gasteiger partial charge is 0.253 e. The summed E-state index contributed by atoms with van der Waals surface area (Å²) in [4.78, 5) is 29.0. The topological polar surface area (TPSA) is 61.8 Å². The van der Waals surface area contributed by atoms with Crippen molar-refractivity contribution >= 4 is 17.4 Å². The Balaban J connectivity index is 1.32. The van der Waals surface area contributed by atoms with Gasteiger partial charge in [-0.3, -0.25) is 9.78 Å². The number of anilines is 2. The third-order valence-electron chi connectivity index (χ3n) is 6.46. The largest absolute Gasteiger partial charge is 0.495 e. The van der Waals surface area contributed by atoms with Gasteiger partial charge in [0.2, 0.25) is 0 Å². The summed E-state index contributed by atoms with van der Waals surface area (Å²) in [7, 11) is 1.69. The van der Waals surface area contributed by atoms with Crippen molar-refractivity contribution in [1.82, 2.24) is 14.9 Å². The van der Waals surface area contributed by atoms with Crippen LogP contribution in [0.5, 0.6) is 5.75 Å². The van der Waals surface area contributed by atoms with E-state index in [-0.39, 0.29) is 5.91 Å². The Hall–Kier alpha value is -3.61. The molecule has 2 aliphatic rings. The molecule has 33 heavy (non-hydrogen) atoms. The molecule has 0 saturated carbocycles. The fraction of sp³-hybridized carbons (Fsp3) is 0.346. The lowest BCUT2D eigenvalue weighted by Crippen LogP contribution is -2.48. The molecule has 2 saturated heterocycles. The first-order valence-corrected chi connectivity index (χ1v) is 11.6. The van der Waals surface area contributed by atoms with Crippen LogP contribution in [0.15, 0.2) is 60.9 Å². The Kier molecular flexibility index (Phi) is 6.11. The molecule has 0 unspecified atom stereocenters. The van der Waals surface area contributed by atoms with Crippen molar-refractivity contribution < 1.29 is 9.53 Å². The molecule has 0 aliphatic carbocycles. The molecule has 2 aromatic carbocycles. The SMILES string of the molecule is COc1ccccc1N1CCN(C(=O)c2cccc(-c3nccnc3N3CCCC3)c2)CC1. The molecule has 7 heteroatoms. The third-order valence-corrected chi connectivity index (χ3v) is 6.46. The molecule has 3 aromatic rings. The van der Waals surface area contributed by atoms with Gasteiger partial charge in [0.15, 0.2) is 5.82 Å². The van der Waals surface area contributed by atoms with Gasteiger partial charge in [-0.15, -0.1) is 0 Å². The van der Waals surface area contributed by atoms with Gasteiger partial charge in [0.1, 0.15) is 11.4 Å². The van der Waals surface area contributed by atoms with Gasteiger partial charge < -0.3 is 19.4 Å². The summed E-state index contributed by atoms with van der Waals surface area (Å²) in [5, 5.41) is 0. The van der Waals surface area contributed by atoms with Gasteiger partial charge in [0.05, 0.1) is 12.8 Å². The summed E-state index contributed by atoms with van der Waals surface area (Å²) in [6, 6.07) is 15.8. The van der Waals surface area contributed by atoms with Crippen LogP contribution in [0.3, 0.4) is 0 Å². The van der Waals surface area contributed by atoms with E-state index in [0.717, 1.165) is 54.7 Å². The Bertz CT molecular complexity index is 1120. The Morgan fingerprint density at radius 1 is 0.848 bits per heavy atom. The molecule has 0 spiro atoms. The summed E-state index contributed by atoms with van der Waals surface area (Å²) >= 11 is 0. The third kappa shape index (κ3) is 4.35. The monoisotopic (exact) mass is 443 g/mol. The molecule has 1 aromatic heterocycles. The number of hydrogen-bond acceptors (Lipinski definition) is 6. The Morgan fingerprint density at radius 3 is 2.39 bits per heavy atom. The van der Waals surface area contributed by atoms with Crippen LogP contribution in [0.2, 0.25) is 0 Å². The average molecular weight is 444 g/mol. The number of ether oxygens (including phenoxy) is 1. The highest BCUT2D eigenvalue weighted by atomic mass is 16.5. The molecular weight excluding hydrogens is 414 g/mol. The lowest BCUT2D eigenvalue weighted by Gasteiger charge is -2.36. The van der Waals surface area contributed by atoms with E-state index in [0.29, 0.717) is 18.7 Å². The minimum atomic E-state index is 0.0585. The van der Waals surface area contributed by atoms with Crippen molar-refractivity contribution in [3.05, 3.63) is 66.5 Å². The number of rotatable bonds is 5. The minimum absolute atomic E-state index is 0.0585. The van der Waals surface area contributed by atoms with Gasteiger partial charge in [0.25, 0.3) is 5.91 Å². The standard InChI is InChI=1S/C26H29N5O2/c1-33-23-10-3-2-9-22(23)29-15-17-31(18-16-29)26(32)21-8-6-7-20(19-21)24-25(28-12-11-27-24)30-13-4-5-14-30/h2-3,6-12,19H,4-5,13-18H2,1H3. The number of methoxy groups -OCH3 is 1. The molecule has 7 nitrogen and oxygen atoms in total. The van der Waals surface area contributed by atoms with E-state index in [4.69, 9.17) is 4.74 Å². The van der Waals surface area contributed by atoms with Crippen LogP contribution in [0.1, 0.15) is 23.2 Å². The molecule has 0 bridgehead atoms. The number of carbonyl (C=O) groups excluding carboxylic acids is 1. The second kappa shape index (κ2) is 9.48. The van der Waals surface area contributed by atoms with Gasteiger partial charge >= 0.3 is 0 Å². The molecule has 5 rings (SSSR count). The first-order valence-electron chi connectivity index (χ1n) is 11.6. The normalized spacial score (nSPS) is 16.2. The fourth-order valence-electron chi connectivity index (χ4n) is 4.72. The van der Waals surface area contributed by atoms with Crippen LogP contribution < -0.4 is 14.5 Å². The van der Waals surface area contributed by atoms with E-state index in [9.17, 15) is 4.79 Å². The molecular formula is C26H29N5O2. The van der Waals surface area contributed by atoms with Crippen molar-refractivity contribution in [1.29, 1.82) is 0 Å². The van der Waals surface area contributed by atoms with E-state index in [1.165, 1.54) is 12.8 Å². The van der Waals surface area contributed by atoms with E-state index in [2.05, 4.69) is 25.8 Å². The number of nitrogens with zero attached hydrogens (tertiary/aromatic N) is 5. The summed E-state index contributed by atoms with van der Waals surface area (Å²) in [5.74, 6) is 1.83. The molecule has 0 N–H and O–H groups in total. The highest BCUT2D eigenvalue weighted by Gasteiger charge is 2.25. The molecule has 0 atom stereocenters. The predicted octanol–water partition coefficient (Wildman–Crippen LogP) is 3.71. The Labute approximate surface area is 194 Å². The van der Waals surface area contributed by atoms with Crippen molar-refractivity contribution in [2.24, 2.45) is 0 Å². The number of piperazine rings is 1. The van der Waals surface area contributed by atoms with Gasteiger partial charge in [-0.25, -0.2) is 4.98 Å². The second-order valence-corrected chi connectivity index (χ2v) is 8.45. The van der Waals surface area contributed by atoms with E-state index in [1.807, 2.05) is 47.4 Å². The van der Waals surface area contributed by atoms with Crippen LogP contribution in [0, 0.1) is 0 Å². The predicted molar refractivity (Wildman–Crippen MR) is 130 cm³/mol. The highest BCUT2D eigenvalue weighted by molar-refractivity contribution is 5.96. The van der Waals surface area contributed by atoms with Crippen LogP contribution in [0.4, 0.5) is 11.5 Å². The number of benzene rings is 2. The van der Waals surface area contributed by atoms with Gasteiger partial charge in [-0.1, -0.05) is 24.3 Å². The minimum Gasteiger partial charge on any atom is -0.495 e. The molecule has 1 amide bonds. The van der Waals surface area contributed by atoms with E-state index < -0.39 is 0 Å². The second-order valence-electron chi connectivity index (χ2n) is 8.45. The van der Waals surface area contributed by atoms with Gasteiger partial charge in [0, 0.05) is 62.8 Å². The molecule has 0 radical (unpaired) electrons. The maximum atomic E-state index is 13.3. The lowest BCUT2D eigenvalue weighted by molar-refractivity contribution is 0.0746. The van der Waals surface area contributed by atoms with Gasteiger partial charge in [-0.2, -0.15) is 0 Å². The van der Waals surface area contributed by atoms with Crippen LogP contribution in [-0.4, -0.2) is 67.2 Å². The maximum absolute atomic E-state index is 13.3. The molecule has 2 fully saturated rings. The zero-order chi connectivity index (χ0) is 22.6. The Morgan fingerprint density at radius 2 is 1.61 bits per heavy atom. The van der Waals surface area contributed by atoms with Gasteiger partial charge in [-0.05, 0) is 37.1 Å². The van der Waals surface area contributed by atoms with Crippen molar-refractivity contribution in [2.45, 2.75) is 12.8 Å². The molecule has 3 heterocycles. The van der Waals surface area contributed by atoms with E-state index in [1.54, 1.807) is 19.5 Å². The van der Waals surface area contributed by atoms with Crippen molar-refractivity contribution in [3.63, 3.8) is 0 Å². The molecule has 2 aliphatic heterocycles. The number of aromatic nitrogens is 2. The summed E-state index contributed by atoms with van der Waals surface area (Å²) in [6.07, 6.45) is 5.82. The van der Waals surface area contributed by atoms with Crippen LogP contribution in [0.25, 0.3) is 11.3 Å². The highest BCUT2D eigenvalue weighted by Crippen LogP contribution is 2.31. The number of hydrogen-bond donors (Lipinski definition) is 0. The maximum Gasteiger partial charge on any atom is 0.253 e. The first-order chi connectivity index (χ1) is 16.2. The number of amides is 1. The first kappa shape index (κ1) is 21.2. The average Bonchev–Trinajstić information content (AvgIpc) is 3.43. The van der Waals surface area contributed by atoms with E-state index >= 15 is 0 Å². The fourth-order valence-corrected chi connectivity index (χ4v) is 4.72. The molecule has 170 valence electrons. The number of para-hydroxylation sites is 2. The van der Waals surface area contributed by atoms with Crippen molar-refractivity contribution in [3.8, 4) is 17.0 Å². The summed E-state index contributed by atoms with van der Waals surface area (Å²) in [6.45, 7) is 4.89. The van der Waals surface area contributed by atoms with Crippen LogP contribution in [-0.2, 0) is 0 Å². The van der Waals surface area contributed by atoms with Crippen molar-refractivity contribution in [2.75, 3.05) is 56.2 Å². The summed E-state index contributed by atoms with van der Waals surface area (Å²) in [5.41, 5.74) is 3.54. The zero-order valence-corrected chi connectivity index (χ0v) is 19.0. The lowest BCUT2D eigenvalue weighted by atomic mass is 10.1. The zero-order valence-electron chi connectivity index (χ0n) is 19.0. The number of carbonyl (C=O) groups is 1. The van der Waals surface area contributed by atoms with Crippen LogP contribution >= 0.6 is 0 Å². The quantitative estimate of drug-likeness (QED) is 0.599. The summed E-state index contributed by atoms with van der Waals surface area (Å²) < 4.78 is 5.51.